The second-order valence-corrected chi connectivity index (χ2v) is 5.70. The molecule has 1 aliphatic heterocycles. The van der Waals surface area contributed by atoms with Crippen LogP contribution in [-0.2, 0) is 15.8 Å². The molecule has 1 aliphatic rings. The molecule has 0 bridgehead atoms. The van der Waals surface area contributed by atoms with Crippen LogP contribution in [0.3, 0.4) is 0 Å². The summed E-state index contributed by atoms with van der Waals surface area (Å²) < 4.78 is 38.5. The smallest absolute Gasteiger partial charge is 0.282 e. The van der Waals surface area contributed by atoms with Crippen molar-refractivity contribution in [2.45, 2.75) is 23.9 Å². The van der Waals surface area contributed by atoms with E-state index in [9.17, 15) is 22.8 Å². The van der Waals surface area contributed by atoms with Crippen molar-refractivity contribution >= 4 is 23.6 Å². The zero-order chi connectivity index (χ0) is 16.3. The number of imide groups is 1. The number of carbonyl (C=O) groups is 2. The monoisotopic (exact) mass is 328 g/mol. The Morgan fingerprint density at radius 3 is 2.68 bits per heavy atom. The predicted molar refractivity (Wildman–Crippen MR) is 72.8 cm³/mol. The summed E-state index contributed by atoms with van der Waals surface area (Å²) in [7, 11) is 0. The molecule has 1 aromatic rings. The molecular formula is C14H11F3N2O2S. The van der Waals surface area contributed by atoms with Gasteiger partial charge in [0.1, 0.15) is 0 Å². The highest BCUT2D eigenvalue weighted by atomic mass is 32.2. The Hall–Kier alpha value is -2.01. The lowest BCUT2D eigenvalue weighted by atomic mass is 10.1. The number of likely N-dealkylation sites (tertiary alicyclic amines) is 1. The minimum atomic E-state index is -4.63. The topological polar surface area (TPSA) is 61.2 Å². The van der Waals surface area contributed by atoms with Crippen molar-refractivity contribution < 1.29 is 22.8 Å². The summed E-state index contributed by atoms with van der Waals surface area (Å²) in [6.45, 7) is 0.361. The van der Waals surface area contributed by atoms with E-state index in [0.717, 1.165) is 28.8 Å². The third kappa shape index (κ3) is 3.60. The minimum Gasteiger partial charge on any atom is -0.282 e. The first-order valence-corrected chi connectivity index (χ1v) is 7.39. The van der Waals surface area contributed by atoms with E-state index >= 15 is 0 Å². The first-order chi connectivity index (χ1) is 10.3. The van der Waals surface area contributed by atoms with E-state index in [1.807, 2.05) is 0 Å². The van der Waals surface area contributed by atoms with E-state index in [1.54, 1.807) is 0 Å². The Morgan fingerprint density at radius 1 is 1.41 bits per heavy atom. The van der Waals surface area contributed by atoms with Crippen molar-refractivity contribution in [1.82, 2.24) is 4.90 Å². The van der Waals surface area contributed by atoms with Gasteiger partial charge in [-0.2, -0.15) is 18.4 Å². The highest BCUT2D eigenvalue weighted by Gasteiger charge is 2.34. The highest BCUT2D eigenvalue weighted by Crippen LogP contribution is 2.34. The van der Waals surface area contributed by atoms with Crippen LogP contribution in [0, 0.1) is 11.3 Å². The molecule has 0 radical (unpaired) electrons. The normalized spacial score (nSPS) is 15.0. The van der Waals surface area contributed by atoms with Gasteiger partial charge in [0.05, 0.1) is 22.9 Å². The van der Waals surface area contributed by atoms with Crippen LogP contribution >= 0.6 is 11.8 Å². The number of hydrogen-bond acceptors (Lipinski definition) is 4. The van der Waals surface area contributed by atoms with Gasteiger partial charge in [-0.25, -0.2) is 0 Å². The van der Waals surface area contributed by atoms with Crippen LogP contribution in [0.1, 0.15) is 24.0 Å². The average Bonchev–Trinajstić information content (AvgIpc) is 2.89. The second kappa shape index (κ2) is 6.40. The molecule has 0 spiro atoms. The first-order valence-electron chi connectivity index (χ1n) is 6.40. The quantitative estimate of drug-likeness (QED) is 0.801. The number of nitrogens with zero attached hydrogens (tertiary/aromatic N) is 2. The van der Waals surface area contributed by atoms with Crippen LogP contribution < -0.4 is 0 Å². The maximum absolute atomic E-state index is 12.8. The molecule has 0 N–H and O–H groups in total. The number of rotatable bonds is 3. The standard InChI is InChI=1S/C14H11F3N2O2S/c15-14(16,17)11-6-10(4-3-9(11)7-18)22-8-13(21)19-5-1-2-12(19)20/h3-4,6H,1-2,5,8H2. The third-order valence-electron chi connectivity index (χ3n) is 3.15. The molecule has 0 atom stereocenters. The van der Waals surface area contributed by atoms with Gasteiger partial charge in [0.15, 0.2) is 0 Å². The number of nitriles is 1. The SMILES string of the molecule is N#Cc1ccc(SCC(=O)N2CCCC2=O)cc1C(F)(F)F. The van der Waals surface area contributed by atoms with Crippen molar-refractivity contribution in [2.24, 2.45) is 0 Å². The molecule has 1 aromatic carbocycles. The van der Waals surface area contributed by atoms with Crippen LogP contribution in [0.4, 0.5) is 13.2 Å². The summed E-state index contributed by atoms with van der Waals surface area (Å²) in [6, 6.07) is 4.78. The summed E-state index contributed by atoms with van der Waals surface area (Å²) in [4.78, 5) is 24.6. The lowest BCUT2D eigenvalue weighted by Gasteiger charge is -2.14. The van der Waals surface area contributed by atoms with Crippen molar-refractivity contribution in [3.05, 3.63) is 29.3 Å². The second-order valence-electron chi connectivity index (χ2n) is 4.65. The molecule has 116 valence electrons. The van der Waals surface area contributed by atoms with Crippen LogP contribution in [0.2, 0.25) is 0 Å². The fourth-order valence-electron chi connectivity index (χ4n) is 2.08. The van der Waals surface area contributed by atoms with Crippen molar-refractivity contribution in [1.29, 1.82) is 5.26 Å². The molecule has 2 amide bonds. The van der Waals surface area contributed by atoms with Crippen molar-refractivity contribution in [2.75, 3.05) is 12.3 Å². The molecule has 1 saturated heterocycles. The van der Waals surface area contributed by atoms with Gasteiger partial charge >= 0.3 is 6.18 Å². The van der Waals surface area contributed by atoms with E-state index in [4.69, 9.17) is 5.26 Å². The average molecular weight is 328 g/mol. The molecule has 22 heavy (non-hydrogen) atoms. The Morgan fingerprint density at radius 2 is 2.14 bits per heavy atom. The molecule has 1 heterocycles. The van der Waals surface area contributed by atoms with E-state index < -0.39 is 23.2 Å². The Kier molecular flexibility index (Phi) is 4.76. The summed E-state index contributed by atoms with van der Waals surface area (Å²) >= 11 is 0.914. The molecule has 1 fully saturated rings. The number of carbonyl (C=O) groups excluding carboxylic acids is 2. The van der Waals surface area contributed by atoms with Gasteiger partial charge in [-0.05, 0) is 24.6 Å². The molecule has 8 heteroatoms. The van der Waals surface area contributed by atoms with Crippen molar-refractivity contribution in [3.8, 4) is 6.07 Å². The van der Waals surface area contributed by atoms with E-state index in [0.29, 0.717) is 19.4 Å². The van der Waals surface area contributed by atoms with E-state index in [2.05, 4.69) is 0 Å². The minimum absolute atomic E-state index is 0.116. The van der Waals surface area contributed by atoms with Gasteiger partial charge in [-0.3, -0.25) is 14.5 Å². The molecule has 4 nitrogen and oxygen atoms in total. The molecule has 2 rings (SSSR count). The fraction of sp³-hybridized carbons (Fsp3) is 0.357. The van der Waals surface area contributed by atoms with Crippen LogP contribution in [0.25, 0.3) is 0 Å². The van der Waals surface area contributed by atoms with Gasteiger partial charge in [-0.1, -0.05) is 0 Å². The first kappa shape index (κ1) is 16.4. The summed E-state index contributed by atoms with van der Waals surface area (Å²) in [5.41, 5.74) is -1.48. The van der Waals surface area contributed by atoms with Crippen LogP contribution in [-0.4, -0.2) is 29.0 Å². The van der Waals surface area contributed by atoms with Crippen LogP contribution in [0.15, 0.2) is 23.1 Å². The zero-order valence-electron chi connectivity index (χ0n) is 11.3. The van der Waals surface area contributed by atoms with Crippen LogP contribution in [0.5, 0.6) is 0 Å². The maximum Gasteiger partial charge on any atom is 0.417 e. The van der Waals surface area contributed by atoms with Gasteiger partial charge < -0.3 is 0 Å². The van der Waals surface area contributed by atoms with Gasteiger partial charge in [0.2, 0.25) is 11.8 Å². The van der Waals surface area contributed by atoms with E-state index in [1.165, 1.54) is 12.1 Å². The van der Waals surface area contributed by atoms with E-state index in [-0.39, 0.29) is 16.6 Å². The number of alkyl halides is 3. The summed E-state index contributed by atoms with van der Waals surface area (Å²) in [6.07, 6.45) is -3.69. The summed E-state index contributed by atoms with van der Waals surface area (Å²) in [5.74, 6) is -0.776. The molecular weight excluding hydrogens is 317 g/mol. The Bertz CT molecular complexity index is 652. The Labute approximate surface area is 128 Å². The van der Waals surface area contributed by atoms with Gasteiger partial charge in [0, 0.05) is 17.9 Å². The predicted octanol–water partition coefficient (Wildman–Crippen LogP) is 2.82. The maximum atomic E-state index is 12.8. The Balaban J connectivity index is 2.09. The molecule has 0 unspecified atom stereocenters. The lowest BCUT2D eigenvalue weighted by Crippen LogP contribution is -2.33. The fourth-order valence-corrected chi connectivity index (χ4v) is 2.89. The number of hydrogen-bond donors (Lipinski definition) is 0. The van der Waals surface area contributed by atoms with Crippen molar-refractivity contribution in [3.63, 3.8) is 0 Å². The number of halogens is 3. The van der Waals surface area contributed by atoms with Gasteiger partial charge in [0.25, 0.3) is 0 Å². The zero-order valence-corrected chi connectivity index (χ0v) is 12.1. The number of benzene rings is 1. The number of thioether (sulfide) groups is 1. The highest BCUT2D eigenvalue weighted by molar-refractivity contribution is 8.00. The lowest BCUT2D eigenvalue weighted by molar-refractivity contribution is -0.140. The largest absolute Gasteiger partial charge is 0.417 e. The third-order valence-corrected chi connectivity index (χ3v) is 4.13. The number of amides is 2. The summed E-state index contributed by atoms with van der Waals surface area (Å²) in [5, 5.41) is 8.71. The molecule has 0 saturated carbocycles. The molecule has 0 aromatic heterocycles. The molecule has 0 aliphatic carbocycles. The van der Waals surface area contributed by atoms with Gasteiger partial charge in [-0.15, -0.1) is 11.8 Å².